The van der Waals surface area contributed by atoms with Crippen LogP contribution in [0.3, 0.4) is 0 Å². The summed E-state index contributed by atoms with van der Waals surface area (Å²) in [5.74, 6) is -0.230. The Morgan fingerprint density at radius 1 is 1.03 bits per heavy atom. The van der Waals surface area contributed by atoms with Crippen molar-refractivity contribution < 1.29 is 14.4 Å². The number of hydrogen-bond acceptors (Lipinski definition) is 4. The fourth-order valence-electron chi connectivity index (χ4n) is 4.26. The number of methoxy groups -OCH3 is 1. The minimum absolute atomic E-state index is 0.0208. The average molecular weight is 481 g/mol. The Morgan fingerprint density at radius 3 is 2.39 bits per heavy atom. The van der Waals surface area contributed by atoms with Crippen LogP contribution in [0.15, 0.2) is 77.3 Å². The van der Waals surface area contributed by atoms with Crippen LogP contribution in [0, 0.1) is 0 Å². The number of esters is 1. The van der Waals surface area contributed by atoms with E-state index in [-0.39, 0.29) is 24.7 Å². The van der Waals surface area contributed by atoms with Gasteiger partial charge in [0.05, 0.1) is 7.11 Å². The first-order chi connectivity index (χ1) is 15.0. The molecular weight excluding hydrogens is 454 g/mol. The highest BCUT2D eigenvalue weighted by atomic mass is 79.9. The molecular formula is C25H27BrN3O2+. The lowest BCUT2D eigenvalue weighted by Gasteiger charge is -2.41. The number of halogens is 1. The molecule has 0 fully saturated rings. The third kappa shape index (κ3) is 4.45. The zero-order valence-corrected chi connectivity index (χ0v) is 19.5. The summed E-state index contributed by atoms with van der Waals surface area (Å²) >= 11 is 3.62. The standard InChI is InChI=1S/C25H26BrN3O2/c1-28(2)20-12-9-18(10-13-20)25-27-22-14-11-19(26)15-21(22)24(17-7-5-4-6-8-17)29(25)16-23(30)31-3/h4-15,24-25,27H,16H2,1-3H3/p+1/t24-,25-/m0/s1. The molecule has 0 bridgehead atoms. The number of nitrogens with one attached hydrogen (secondary N) is 2. The van der Waals surface area contributed by atoms with Crippen molar-refractivity contribution in [2.24, 2.45) is 0 Å². The van der Waals surface area contributed by atoms with E-state index in [4.69, 9.17) is 4.74 Å². The molecule has 1 heterocycles. The van der Waals surface area contributed by atoms with Gasteiger partial charge in [-0.3, -0.25) is 4.90 Å². The van der Waals surface area contributed by atoms with Gasteiger partial charge in [-0.2, -0.15) is 0 Å². The predicted molar refractivity (Wildman–Crippen MR) is 127 cm³/mol. The number of benzene rings is 3. The molecule has 160 valence electrons. The van der Waals surface area contributed by atoms with E-state index in [2.05, 4.69) is 74.7 Å². The minimum atomic E-state index is -0.230. The summed E-state index contributed by atoms with van der Waals surface area (Å²) in [5.41, 5.74) is 5.65. The number of anilines is 2. The Labute approximate surface area is 191 Å². The first-order valence-electron chi connectivity index (χ1n) is 10.3. The van der Waals surface area contributed by atoms with E-state index in [1.807, 2.05) is 38.4 Å². The van der Waals surface area contributed by atoms with Gasteiger partial charge in [-0.25, -0.2) is 4.79 Å². The van der Waals surface area contributed by atoms with Gasteiger partial charge in [0.1, 0.15) is 6.04 Å². The number of hydrogen-bond donors (Lipinski definition) is 2. The van der Waals surface area contributed by atoms with Crippen LogP contribution in [0.2, 0.25) is 0 Å². The molecule has 1 unspecified atom stereocenters. The third-order valence-corrected chi connectivity index (χ3v) is 6.31. The van der Waals surface area contributed by atoms with Gasteiger partial charge in [0.15, 0.2) is 12.7 Å². The molecule has 0 spiro atoms. The van der Waals surface area contributed by atoms with E-state index in [1.54, 1.807) is 0 Å². The van der Waals surface area contributed by atoms with Gasteiger partial charge in [0, 0.05) is 46.6 Å². The molecule has 6 heteroatoms. The van der Waals surface area contributed by atoms with Gasteiger partial charge in [0.2, 0.25) is 0 Å². The Morgan fingerprint density at radius 2 is 1.74 bits per heavy atom. The first kappa shape index (κ1) is 21.4. The summed E-state index contributed by atoms with van der Waals surface area (Å²) in [6, 6.07) is 25.1. The summed E-state index contributed by atoms with van der Waals surface area (Å²) in [7, 11) is 5.51. The zero-order chi connectivity index (χ0) is 22.0. The Hall–Kier alpha value is -2.83. The quantitative estimate of drug-likeness (QED) is 0.545. The number of carbonyl (C=O) groups is 1. The van der Waals surface area contributed by atoms with Gasteiger partial charge in [-0.15, -0.1) is 0 Å². The van der Waals surface area contributed by atoms with Gasteiger partial charge in [-0.05, 0) is 42.5 Å². The second-order valence-electron chi connectivity index (χ2n) is 7.97. The van der Waals surface area contributed by atoms with Gasteiger partial charge in [-0.1, -0.05) is 46.3 Å². The maximum Gasteiger partial charge on any atom is 0.361 e. The van der Waals surface area contributed by atoms with Crippen molar-refractivity contribution in [1.29, 1.82) is 0 Å². The van der Waals surface area contributed by atoms with Crippen LogP contribution < -0.4 is 15.1 Å². The van der Waals surface area contributed by atoms with Crippen LogP contribution in [-0.4, -0.2) is 33.7 Å². The van der Waals surface area contributed by atoms with Crippen LogP contribution in [0.1, 0.15) is 28.9 Å². The summed E-state index contributed by atoms with van der Waals surface area (Å²) in [6.07, 6.45) is -0.103. The monoisotopic (exact) mass is 480 g/mol. The van der Waals surface area contributed by atoms with Crippen molar-refractivity contribution in [1.82, 2.24) is 0 Å². The molecule has 3 aromatic carbocycles. The molecule has 0 saturated heterocycles. The fraction of sp³-hybridized carbons (Fsp3) is 0.240. The number of quaternary nitrogens is 1. The largest absolute Gasteiger partial charge is 0.465 e. The number of ether oxygens (including phenoxy) is 1. The molecule has 3 aromatic rings. The molecule has 0 aromatic heterocycles. The lowest BCUT2D eigenvalue weighted by molar-refractivity contribution is -0.947. The van der Waals surface area contributed by atoms with E-state index in [0.717, 1.165) is 37.4 Å². The van der Waals surface area contributed by atoms with Crippen molar-refractivity contribution in [2.45, 2.75) is 12.2 Å². The number of fused-ring (bicyclic) bond motifs is 1. The highest BCUT2D eigenvalue weighted by Crippen LogP contribution is 2.35. The Kier molecular flexibility index (Phi) is 6.30. The fourth-order valence-corrected chi connectivity index (χ4v) is 4.64. The number of carbonyl (C=O) groups excluding carboxylic acids is 1. The predicted octanol–water partition coefficient (Wildman–Crippen LogP) is 3.79. The summed E-state index contributed by atoms with van der Waals surface area (Å²) in [4.78, 5) is 15.6. The van der Waals surface area contributed by atoms with Crippen molar-refractivity contribution in [3.8, 4) is 0 Å². The normalized spacial score (nSPS) is 19.8. The first-order valence-corrected chi connectivity index (χ1v) is 11.1. The maximum absolute atomic E-state index is 12.5. The summed E-state index contributed by atoms with van der Waals surface area (Å²) in [6.45, 7) is 0.245. The molecule has 5 nitrogen and oxygen atoms in total. The lowest BCUT2D eigenvalue weighted by Crippen LogP contribution is -3.15. The van der Waals surface area contributed by atoms with E-state index in [1.165, 1.54) is 7.11 Å². The Bertz CT molecular complexity index is 1050. The SMILES string of the molecule is COC(=O)C[NH+]1[C@@H](c2ccccc2)c2cc(Br)ccc2N[C@@H]1c1ccc(N(C)C)cc1. The highest BCUT2D eigenvalue weighted by Gasteiger charge is 2.41. The number of nitrogens with zero attached hydrogens (tertiary/aromatic N) is 1. The molecule has 0 saturated carbocycles. The molecule has 1 aliphatic heterocycles. The van der Waals surface area contributed by atoms with E-state index < -0.39 is 0 Å². The smallest absolute Gasteiger partial charge is 0.361 e. The van der Waals surface area contributed by atoms with E-state index >= 15 is 0 Å². The molecule has 1 aliphatic rings. The molecule has 0 aliphatic carbocycles. The van der Waals surface area contributed by atoms with Crippen molar-refractivity contribution in [3.05, 3.63) is 94.0 Å². The van der Waals surface area contributed by atoms with E-state index in [9.17, 15) is 4.79 Å². The van der Waals surface area contributed by atoms with Crippen molar-refractivity contribution in [2.75, 3.05) is 38.0 Å². The summed E-state index contributed by atoms with van der Waals surface area (Å²) in [5, 5.41) is 3.69. The topological polar surface area (TPSA) is 46.0 Å². The molecule has 3 atom stereocenters. The zero-order valence-electron chi connectivity index (χ0n) is 17.9. The van der Waals surface area contributed by atoms with Gasteiger partial charge >= 0.3 is 5.97 Å². The van der Waals surface area contributed by atoms with Crippen LogP contribution in [0.4, 0.5) is 11.4 Å². The molecule has 31 heavy (non-hydrogen) atoms. The third-order valence-electron chi connectivity index (χ3n) is 5.82. The van der Waals surface area contributed by atoms with Crippen LogP contribution >= 0.6 is 15.9 Å². The van der Waals surface area contributed by atoms with Crippen LogP contribution in [0.5, 0.6) is 0 Å². The molecule has 0 radical (unpaired) electrons. The Balaban J connectivity index is 1.85. The second-order valence-corrected chi connectivity index (χ2v) is 8.88. The minimum Gasteiger partial charge on any atom is -0.465 e. The van der Waals surface area contributed by atoms with Crippen molar-refractivity contribution in [3.63, 3.8) is 0 Å². The average Bonchev–Trinajstić information content (AvgIpc) is 2.79. The molecule has 2 N–H and O–H groups in total. The lowest BCUT2D eigenvalue weighted by atomic mass is 9.91. The maximum atomic E-state index is 12.5. The van der Waals surface area contributed by atoms with Crippen LogP contribution in [0.25, 0.3) is 0 Å². The van der Waals surface area contributed by atoms with Crippen LogP contribution in [-0.2, 0) is 9.53 Å². The van der Waals surface area contributed by atoms with E-state index in [0.29, 0.717) is 0 Å². The van der Waals surface area contributed by atoms with Gasteiger partial charge < -0.3 is 15.0 Å². The summed E-state index contributed by atoms with van der Waals surface area (Å²) < 4.78 is 6.09. The molecule has 4 rings (SSSR count). The highest BCUT2D eigenvalue weighted by molar-refractivity contribution is 9.10. The molecule has 0 amide bonds. The van der Waals surface area contributed by atoms with Gasteiger partial charge in [0.25, 0.3) is 0 Å². The van der Waals surface area contributed by atoms with Crippen molar-refractivity contribution >= 4 is 33.3 Å². The number of rotatable bonds is 5. The second kappa shape index (κ2) is 9.12.